The van der Waals surface area contributed by atoms with Gasteiger partial charge in [-0.2, -0.15) is 0 Å². The van der Waals surface area contributed by atoms with E-state index in [-0.39, 0.29) is 6.04 Å². The molecule has 0 radical (unpaired) electrons. The molecule has 4 nitrogen and oxygen atoms in total. The second-order valence-electron chi connectivity index (χ2n) is 3.71. The van der Waals surface area contributed by atoms with Crippen molar-refractivity contribution in [3.63, 3.8) is 0 Å². The highest BCUT2D eigenvalue weighted by Gasteiger charge is 2.19. The van der Waals surface area contributed by atoms with E-state index in [4.69, 9.17) is 16.3 Å². The largest absolute Gasteiger partial charge is 0.495 e. The van der Waals surface area contributed by atoms with Gasteiger partial charge in [-0.25, -0.2) is 0 Å². The van der Waals surface area contributed by atoms with Crippen molar-refractivity contribution >= 4 is 11.6 Å². The van der Waals surface area contributed by atoms with Gasteiger partial charge in [0.2, 0.25) is 0 Å². The summed E-state index contributed by atoms with van der Waals surface area (Å²) in [5.41, 5.74) is 1.72. The number of aromatic nitrogens is 2. The average molecular weight is 264 g/mol. The van der Waals surface area contributed by atoms with Crippen molar-refractivity contribution in [1.29, 1.82) is 0 Å². The molecule has 5 heteroatoms. The van der Waals surface area contributed by atoms with E-state index in [9.17, 15) is 0 Å². The molecule has 94 valence electrons. The predicted octanol–water partition coefficient (Wildman–Crippen LogP) is 2.45. The van der Waals surface area contributed by atoms with E-state index in [1.165, 1.54) is 0 Å². The quantitative estimate of drug-likeness (QED) is 0.920. The van der Waals surface area contributed by atoms with Gasteiger partial charge in [0, 0.05) is 18.6 Å². The summed E-state index contributed by atoms with van der Waals surface area (Å²) in [5.74, 6) is 0.727. The number of rotatable bonds is 4. The normalized spacial score (nSPS) is 12.2. The highest BCUT2D eigenvalue weighted by Crippen LogP contribution is 2.30. The van der Waals surface area contributed by atoms with E-state index in [1.54, 1.807) is 25.7 Å². The summed E-state index contributed by atoms with van der Waals surface area (Å²) in [5, 5.41) is 3.80. The molecule has 0 fully saturated rings. The summed E-state index contributed by atoms with van der Waals surface area (Å²) in [6.07, 6.45) is 5.06. The molecule has 1 N–H and O–H groups in total. The number of nitrogens with one attached hydrogen (secondary N) is 1. The molecule has 0 bridgehead atoms. The number of halogens is 1. The Hall–Kier alpha value is -1.65. The van der Waals surface area contributed by atoms with Crippen LogP contribution >= 0.6 is 11.6 Å². The summed E-state index contributed by atoms with van der Waals surface area (Å²) in [6.45, 7) is 0. The van der Waals surface area contributed by atoms with Gasteiger partial charge in [0.1, 0.15) is 11.4 Å². The van der Waals surface area contributed by atoms with Crippen LogP contribution in [0.5, 0.6) is 5.75 Å². The van der Waals surface area contributed by atoms with Crippen molar-refractivity contribution in [3.8, 4) is 5.75 Å². The van der Waals surface area contributed by atoms with Crippen molar-refractivity contribution in [2.45, 2.75) is 6.04 Å². The Morgan fingerprint density at radius 3 is 2.83 bits per heavy atom. The monoisotopic (exact) mass is 263 g/mol. The molecule has 18 heavy (non-hydrogen) atoms. The molecule has 0 aliphatic rings. The molecule has 2 heterocycles. The van der Waals surface area contributed by atoms with E-state index in [0.29, 0.717) is 5.02 Å². The van der Waals surface area contributed by atoms with E-state index in [1.807, 2.05) is 25.2 Å². The van der Waals surface area contributed by atoms with Crippen LogP contribution in [0.2, 0.25) is 5.02 Å². The van der Waals surface area contributed by atoms with Crippen molar-refractivity contribution < 1.29 is 4.74 Å². The minimum absolute atomic E-state index is 0.128. The first-order valence-corrected chi connectivity index (χ1v) is 5.91. The fourth-order valence-corrected chi connectivity index (χ4v) is 2.08. The fourth-order valence-electron chi connectivity index (χ4n) is 1.85. The lowest BCUT2D eigenvalue weighted by Crippen LogP contribution is -2.20. The first-order valence-electron chi connectivity index (χ1n) is 5.53. The lowest BCUT2D eigenvalue weighted by atomic mass is 10.0. The van der Waals surface area contributed by atoms with Crippen LogP contribution in [0.25, 0.3) is 0 Å². The Kier molecular flexibility index (Phi) is 4.12. The standard InChI is InChI=1S/C13H14ClN3O/c1-15-12(9-5-7-16-8-10(9)14)13-11(18-2)4-3-6-17-13/h3-8,12,15H,1-2H3. The minimum atomic E-state index is -0.128. The third-order valence-electron chi connectivity index (χ3n) is 2.70. The lowest BCUT2D eigenvalue weighted by Gasteiger charge is -2.19. The molecule has 2 aromatic rings. The Bertz CT molecular complexity index is 533. The van der Waals surface area contributed by atoms with Gasteiger partial charge in [-0.15, -0.1) is 0 Å². The van der Waals surface area contributed by atoms with Crippen LogP contribution in [0, 0.1) is 0 Å². The van der Waals surface area contributed by atoms with E-state index in [2.05, 4.69) is 15.3 Å². The lowest BCUT2D eigenvalue weighted by molar-refractivity contribution is 0.401. The number of hydrogen-bond donors (Lipinski definition) is 1. The Morgan fingerprint density at radius 1 is 1.33 bits per heavy atom. The molecule has 0 aliphatic heterocycles. The zero-order chi connectivity index (χ0) is 13.0. The maximum absolute atomic E-state index is 6.17. The Balaban J connectivity index is 2.49. The number of pyridine rings is 2. The number of ether oxygens (including phenoxy) is 1. The molecule has 0 saturated heterocycles. The summed E-state index contributed by atoms with van der Waals surface area (Å²) in [6, 6.07) is 5.46. The van der Waals surface area contributed by atoms with Gasteiger partial charge >= 0.3 is 0 Å². The summed E-state index contributed by atoms with van der Waals surface area (Å²) >= 11 is 6.17. The SMILES string of the molecule is CNC(c1ccncc1Cl)c1ncccc1OC. The van der Waals surface area contributed by atoms with Crippen LogP contribution in [-0.4, -0.2) is 24.1 Å². The maximum atomic E-state index is 6.17. The van der Waals surface area contributed by atoms with Gasteiger partial charge in [-0.3, -0.25) is 9.97 Å². The second-order valence-corrected chi connectivity index (χ2v) is 4.12. The van der Waals surface area contributed by atoms with E-state index < -0.39 is 0 Å². The van der Waals surface area contributed by atoms with E-state index in [0.717, 1.165) is 17.0 Å². The topological polar surface area (TPSA) is 47.0 Å². The van der Waals surface area contributed by atoms with Crippen LogP contribution < -0.4 is 10.1 Å². The fraction of sp³-hybridized carbons (Fsp3) is 0.231. The second kappa shape index (κ2) is 5.80. The number of nitrogens with zero attached hydrogens (tertiary/aromatic N) is 2. The van der Waals surface area contributed by atoms with E-state index >= 15 is 0 Å². The van der Waals surface area contributed by atoms with Crippen molar-refractivity contribution in [3.05, 3.63) is 53.1 Å². The van der Waals surface area contributed by atoms with Crippen molar-refractivity contribution in [2.75, 3.05) is 14.2 Å². The summed E-state index contributed by atoms with van der Waals surface area (Å²) < 4.78 is 5.33. The number of methoxy groups -OCH3 is 1. The molecule has 0 aliphatic carbocycles. The first-order chi connectivity index (χ1) is 8.77. The predicted molar refractivity (Wildman–Crippen MR) is 70.9 cm³/mol. The third-order valence-corrected chi connectivity index (χ3v) is 3.01. The molecule has 0 aromatic carbocycles. The zero-order valence-electron chi connectivity index (χ0n) is 10.2. The molecule has 2 rings (SSSR count). The van der Waals surface area contributed by atoms with Crippen LogP contribution in [0.3, 0.4) is 0 Å². The third kappa shape index (κ3) is 2.44. The van der Waals surface area contributed by atoms with Gasteiger partial charge in [-0.1, -0.05) is 11.6 Å². The molecular weight excluding hydrogens is 250 g/mol. The summed E-state index contributed by atoms with van der Waals surface area (Å²) in [7, 11) is 3.48. The number of hydrogen-bond acceptors (Lipinski definition) is 4. The highest BCUT2D eigenvalue weighted by molar-refractivity contribution is 6.31. The van der Waals surface area contributed by atoms with Crippen molar-refractivity contribution in [2.24, 2.45) is 0 Å². The van der Waals surface area contributed by atoms with Crippen molar-refractivity contribution in [1.82, 2.24) is 15.3 Å². The highest BCUT2D eigenvalue weighted by atomic mass is 35.5. The van der Waals surface area contributed by atoms with Gasteiger partial charge in [-0.05, 0) is 30.8 Å². The molecule has 0 spiro atoms. The summed E-state index contributed by atoms with van der Waals surface area (Å²) in [4.78, 5) is 8.36. The van der Waals surface area contributed by atoms with Gasteiger partial charge in [0.25, 0.3) is 0 Å². The van der Waals surface area contributed by atoms with Gasteiger partial charge < -0.3 is 10.1 Å². The average Bonchev–Trinajstić information content (AvgIpc) is 2.42. The first kappa shape index (κ1) is 12.8. The molecule has 0 saturated carbocycles. The van der Waals surface area contributed by atoms with Gasteiger partial charge in [0.05, 0.1) is 18.2 Å². The van der Waals surface area contributed by atoms with Crippen LogP contribution in [0.4, 0.5) is 0 Å². The smallest absolute Gasteiger partial charge is 0.142 e. The van der Waals surface area contributed by atoms with Crippen LogP contribution in [0.1, 0.15) is 17.3 Å². The molecule has 1 unspecified atom stereocenters. The molecule has 2 aromatic heterocycles. The van der Waals surface area contributed by atoms with Crippen LogP contribution in [-0.2, 0) is 0 Å². The van der Waals surface area contributed by atoms with Gasteiger partial charge in [0.15, 0.2) is 0 Å². The molecule has 0 amide bonds. The van der Waals surface area contributed by atoms with Crippen LogP contribution in [0.15, 0.2) is 36.8 Å². The minimum Gasteiger partial charge on any atom is -0.495 e. The maximum Gasteiger partial charge on any atom is 0.142 e. The molecule has 1 atom stereocenters. The Labute approximate surface area is 111 Å². The Morgan fingerprint density at radius 2 is 2.17 bits per heavy atom. The molecular formula is C13H14ClN3O. The zero-order valence-corrected chi connectivity index (χ0v) is 11.0.